The minimum atomic E-state index is -0.433. The highest BCUT2D eigenvalue weighted by Crippen LogP contribution is 2.24. The quantitative estimate of drug-likeness (QED) is 0.793. The van der Waals surface area contributed by atoms with Gasteiger partial charge in [0.15, 0.2) is 0 Å². The number of thioether (sulfide) groups is 1. The van der Waals surface area contributed by atoms with E-state index < -0.39 is 6.04 Å². The van der Waals surface area contributed by atoms with E-state index in [4.69, 9.17) is 17.3 Å². The van der Waals surface area contributed by atoms with Crippen LogP contribution in [0.1, 0.15) is 25.8 Å². The zero-order valence-corrected chi connectivity index (χ0v) is 15.1. The van der Waals surface area contributed by atoms with E-state index in [1.807, 2.05) is 30.5 Å². The van der Waals surface area contributed by atoms with Crippen molar-refractivity contribution in [3.8, 4) is 0 Å². The van der Waals surface area contributed by atoms with Crippen molar-refractivity contribution in [3.63, 3.8) is 0 Å². The van der Waals surface area contributed by atoms with E-state index in [0.29, 0.717) is 18.0 Å². The maximum absolute atomic E-state index is 11.9. The van der Waals surface area contributed by atoms with Crippen LogP contribution in [0, 0.1) is 0 Å². The van der Waals surface area contributed by atoms with E-state index in [1.54, 1.807) is 11.8 Å². The van der Waals surface area contributed by atoms with Crippen LogP contribution >= 0.6 is 35.8 Å². The molecule has 6 heteroatoms. The van der Waals surface area contributed by atoms with E-state index in [9.17, 15) is 4.79 Å². The van der Waals surface area contributed by atoms with Crippen LogP contribution in [-0.4, -0.2) is 30.5 Å². The summed E-state index contributed by atoms with van der Waals surface area (Å²) in [7, 11) is 0. The molecule has 1 rings (SSSR count). The van der Waals surface area contributed by atoms with Gasteiger partial charge in [0.05, 0.1) is 6.04 Å². The van der Waals surface area contributed by atoms with E-state index in [0.717, 1.165) is 11.3 Å². The average Bonchev–Trinajstić information content (AvgIpc) is 2.42. The van der Waals surface area contributed by atoms with Gasteiger partial charge in [-0.05, 0) is 36.1 Å². The first kappa shape index (κ1) is 20.6. The topological polar surface area (TPSA) is 55.1 Å². The molecular formula is C15H24Cl2N2OS. The normalized spacial score (nSPS) is 12.4. The second-order valence-electron chi connectivity index (χ2n) is 5.50. The molecule has 0 aliphatic heterocycles. The zero-order valence-electron chi connectivity index (χ0n) is 12.7. The third kappa shape index (κ3) is 6.92. The first-order valence-corrected chi connectivity index (χ1v) is 8.42. The molecule has 0 aliphatic carbocycles. The second kappa shape index (κ2) is 9.57. The summed E-state index contributed by atoms with van der Waals surface area (Å²) in [5.74, 6) is 0.806. The number of nitrogens with one attached hydrogen (secondary N) is 1. The molecule has 0 radical (unpaired) electrons. The Hall–Kier alpha value is -0.420. The van der Waals surface area contributed by atoms with E-state index in [-0.39, 0.29) is 23.7 Å². The molecule has 1 atom stereocenters. The first-order valence-electron chi connectivity index (χ1n) is 6.65. The molecule has 3 N–H and O–H groups in total. The van der Waals surface area contributed by atoms with Gasteiger partial charge >= 0.3 is 0 Å². The molecule has 120 valence electrons. The molecule has 3 nitrogen and oxygen atoms in total. The number of carbonyl (C=O) groups is 1. The van der Waals surface area contributed by atoms with Crippen LogP contribution in [0.5, 0.6) is 0 Å². The van der Waals surface area contributed by atoms with Gasteiger partial charge in [0.2, 0.25) is 5.91 Å². The maximum Gasteiger partial charge on any atom is 0.236 e. The Bertz CT molecular complexity index is 455. The summed E-state index contributed by atoms with van der Waals surface area (Å²) in [5, 5.41) is 3.64. The summed E-state index contributed by atoms with van der Waals surface area (Å²) < 4.78 is 0. The number of carbonyl (C=O) groups excluding carboxylic acids is 1. The summed E-state index contributed by atoms with van der Waals surface area (Å²) >= 11 is 7.71. The van der Waals surface area contributed by atoms with Crippen molar-refractivity contribution in [2.24, 2.45) is 5.73 Å². The fourth-order valence-corrected chi connectivity index (χ4v) is 2.51. The average molecular weight is 351 g/mol. The summed E-state index contributed by atoms with van der Waals surface area (Å²) in [4.78, 5) is 11.9. The first-order chi connectivity index (χ1) is 9.36. The Balaban J connectivity index is 0.00000400. The van der Waals surface area contributed by atoms with Crippen LogP contribution in [0.3, 0.4) is 0 Å². The van der Waals surface area contributed by atoms with E-state index in [2.05, 4.69) is 19.2 Å². The summed E-state index contributed by atoms with van der Waals surface area (Å²) in [6.45, 7) is 4.69. The largest absolute Gasteiger partial charge is 0.354 e. The van der Waals surface area contributed by atoms with Gasteiger partial charge in [-0.1, -0.05) is 37.6 Å². The van der Waals surface area contributed by atoms with Crippen molar-refractivity contribution in [1.82, 2.24) is 5.32 Å². The van der Waals surface area contributed by atoms with Gasteiger partial charge in [-0.15, -0.1) is 12.4 Å². The van der Waals surface area contributed by atoms with Gasteiger partial charge in [-0.2, -0.15) is 11.8 Å². The van der Waals surface area contributed by atoms with Gasteiger partial charge in [0, 0.05) is 17.0 Å². The molecule has 0 bridgehead atoms. The molecule has 1 aromatic carbocycles. The van der Waals surface area contributed by atoms with E-state index in [1.165, 1.54) is 0 Å². The molecule has 1 amide bonds. The van der Waals surface area contributed by atoms with Gasteiger partial charge in [-0.3, -0.25) is 4.79 Å². The molecule has 0 saturated heterocycles. The van der Waals surface area contributed by atoms with Crippen LogP contribution in [0.25, 0.3) is 0 Å². The third-order valence-electron chi connectivity index (χ3n) is 3.28. The second-order valence-corrected chi connectivity index (χ2v) is 6.92. The van der Waals surface area contributed by atoms with Crippen LogP contribution in [0.15, 0.2) is 24.3 Å². The Morgan fingerprint density at radius 1 is 1.48 bits per heavy atom. The Morgan fingerprint density at radius 3 is 2.71 bits per heavy atom. The molecule has 0 aromatic heterocycles. The van der Waals surface area contributed by atoms with Crippen molar-refractivity contribution in [2.75, 3.05) is 18.6 Å². The van der Waals surface area contributed by atoms with Gasteiger partial charge in [0.1, 0.15) is 0 Å². The molecule has 21 heavy (non-hydrogen) atoms. The maximum atomic E-state index is 11.9. The molecule has 0 heterocycles. The number of benzene rings is 1. The molecule has 0 unspecified atom stereocenters. The monoisotopic (exact) mass is 350 g/mol. The Kier molecular flexibility index (Phi) is 9.38. The molecular weight excluding hydrogens is 327 g/mol. The number of hydrogen-bond donors (Lipinski definition) is 2. The van der Waals surface area contributed by atoms with Crippen molar-refractivity contribution in [1.29, 1.82) is 0 Å². The number of nitrogens with two attached hydrogens (primary N) is 1. The highest BCUT2D eigenvalue weighted by molar-refractivity contribution is 7.98. The van der Waals surface area contributed by atoms with Crippen LogP contribution in [0.2, 0.25) is 5.02 Å². The van der Waals surface area contributed by atoms with Gasteiger partial charge in [0.25, 0.3) is 0 Å². The fraction of sp³-hybridized carbons (Fsp3) is 0.533. The van der Waals surface area contributed by atoms with Crippen LogP contribution in [-0.2, 0) is 10.2 Å². The smallest absolute Gasteiger partial charge is 0.236 e. The predicted octanol–water partition coefficient (Wildman–Crippen LogP) is 3.24. The lowest BCUT2D eigenvalue weighted by atomic mass is 9.84. The summed E-state index contributed by atoms with van der Waals surface area (Å²) in [6.07, 6.45) is 2.71. The third-order valence-corrected chi connectivity index (χ3v) is 4.16. The summed E-state index contributed by atoms with van der Waals surface area (Å²) in [6, 6.07) is 7.29. The van der Waals surface area contributed by atoms with Crippen molar-refractivity contribution in [2.45, 2.75) is 31.7 Å². The SMILES string of the molecule is CSCC[C@H](N)C(=O)NCC(C)(C)c1cccc(Cl)c1.Cl. The Morgan fingerprint density at radius 2 is 2.14 bits per heavy atom. The number of rotatable bonds is 7. The van der Waals surface area contributed by atoms with Crippen LogP contribution < -0.4 is 11.1 Å². The van der Waals surface area contributed by atoms with Crippen molar-refractivity contribution >= 4 is 41.7 Å². The van der Waals surface area contributed by atoms with Gasteiger partial charge < -0.3 is 11.1 Å². The lowest BCUT2D eigenvalue weighted by molar-refractivity contribution is -0.122. The van der Waals surface area contributed by atoms with Crippen molar-refractivity contribution < 1.29 is 4.79 Å². The lowest BCUT2D eigenvalue weighted by Crippen LogP contribution is -2.45. The number of hydrogen-bond acceptors (Lipinski definition) is 3. The highest BCUT2D eigenvalue weighted by Gasteiger charge is 2.23. The Labute approximate surface area is 142 Å². The number of amides is 1. The fourth-order valence-electron chi connectivity index (χ4n) is 1.83. The minimum Gasteiger partial charge on any atom is -0.354 e. The standard InChI is InChI=1S/C15H23ClN2OS.ClH/c1-15(2,11-5-4-6-12(16)9-11)10-18-14(19)13(17)7-8-20-3;/h4-6,9,13H,7-8,10,17H2,1-3H3,(H,18,19);1H/t13-;/m0./s1. The molecule has 0 saturated carbocycles. The van der Waals surface area contributed by atoms with Crippen LogP contribution in [0.4, 0.5) is 0 Å². The predicted molar refractivity (Wildman–Crippen MR) is 95.7 cm³/mol. The molecule has 0 spiro atoms. The zero-order chi connectivity index (χ0) is 15.2. The number of halogens is 2. The highest BCUT2D eigenvalue weighted by atomic mass is 35.5. The van der Waals surface area contributed by atoms with E-state index >= 15 is 0 Å². The minimum absolute atomic E-state index is 0. The molecule has 0 fully saturated rings. The lowest BCUT2D eigenvalue weighted by Gasteiger charge is -2.26. The molecule has 1 aromatic rings. The molecule has 0 aliphatic rings. The van der Waals surface area contributed by atoms with Gasteiger partial charge in [-0.25, -0.2) is 0 Å². The van der Waals surface area contributed by atoms with Crippen molar-refractivity contribution in [3.05, 3.63) is 34.9 Å². The summed E-state index contributed by atoms with van der Waals surface area (Å²) in [5.41, 5.74) is 6.77.